The van der Waals surface area contributed by atoms with E-state index in [1.807, 2.05) is 29.2 Å². The van der Waals surface area contributed by atoms with Gasteiger partial charge in [-0.3, -0.25) is 10.1 Å². The first-order valence-corrected chi connectivity index (χ1v) is 10.5. The zero-order valence-electron chi connectivity index (χ0n) is 15.8. The van der Waals surface area contributed by atoms with E-state index < -0.39 is 0 Å². The molecule has 0 fully saturated rings. The maximum atomic E-state index is 12.8. The highest BCUT2D eigenvalue weighted by atomic mass is 32.1. The SMILES string of the molecule is O=C(CN[C@@H](c1ccccc1)c1cccs1)N1CC=C(c2ccccc2)CC1. The Morgan fingerprint density at radius 1 is 1.00 bits per heavy atom. The molecular weight excluding hydrogens is 364 g/mol. The van der Waals surface area contributed by atoms with E-state index in [9.17, 15) is 4.79 Å². The highest BCUT2D eigenvalue weighted by Gasteiger charge is 2.20. The zero-order chi connectivity index (χ0) is 19.2. The third-order valence-corrected chi connectivity index (χ3v) is 6.06. The lowest BCUT2D eigenvalue weighted by Gasteiger charge is -2.28. The molecule has 28 heavy (non-hydrogen) atoms. The van der Waals surface area contributed by atoms with E-state index in [2.05, 4.69) is 65.3 Å². The molecule has 1 atom stereocenters. The van der Waals surface area contributed by atoms with Gasteiger partial charge in [-0.15, -0.1) is 11.3 Å². The lowest BCUT2D eigenvalue weighted by atomic mass is 9.99. The molecule has 1 aliphatic heterocycles. The molecule has 4 rings (SSSR count). The van der Waals surface area contributed by atoms with Crippen molar-refractivity contribution < 1.29 is 4.79 Å². The predicted octanol–water partition coefficient (Wildman–Crippen LogP) is 4.74. The fourth-order valence-corrected chi connectivity index (χ4v) is 4.42. The molecule has 3 aromatic rings. The smallest absolute Gasteiger partial charge is 0.236 e. The summed E-state index contributed by atoms with van der Waals surface area (Å²) in [7, 11) is 0. The van der Waals surface area contributed by atoms with Gasteiger partial charge >= 0.3 is 0 Å². The summed E-state index contributed by atoms with van der Waals surface area (Å²) in [6, 6.07) is 25.0. The van der Waals surface area contributed by atoms with Gasteiger partial charge < -0.3 is 4.90 Å². The number of rotatable bonds is 6. The van der Waals surface area contributed by atoms with Crippen LogP contribution in [0.15, 0.2) is 84.3 Å². The molecule has 2 heterocycles. The summed E-state index contributed by atoms with van der Waals surface area (Å²) < 4.78 is 0. The van der Waals surface area contributed by atoms with Gasteiger partial charge in [-0.05, 0) is 34.6 Å². The van der Waals surface area contributed by atoms with Crippen molar-refractivity contribution in [2.24, 2.45) is 0 Å². The van der Waals surface area contributed by atoms with E-state index in [1.54, 1.807) is 11.3 Å². The summed E-state index contributed by atoms with van der Waals surface area (Å²) in [5.74, 6) is 0.154. The number of nitrogens with zero attached hydrogens (tertiary/aromatic N) is 1. The first kappa shape index (κ1) is 18.7. The summed E-state index contributed by atoms with van der Waals surface area (Å²) in [4.78, 5) is 16.0. The summed E-state index contributed by atoms with van der Waals surface area (Å²) in [6.45, 7) is 1.79. The predicted molar refractivity (Wildman–Crippen MR) is 116 cm³/mol. The minimum atomic E-state index is 0.0466. The minimum Gasteiger partial charge on any atom is -0.338 e. The molecule has 3 nitrogen and oxygen atoms in total. The molecule has 0 bridgehead atoms. The highest BCUT2D eigenvalue weighted by molar-refractivity contribution is 7.10. The van der Waals surface area contributed by atoms with Gasteiger partial charge in [0.1, 0.15) is 0 Å². The van der Waals surface area contributed by atoms with Gasteiger partial charge in [-0.2, -0.15) is 0 Å². The molecule has 0 unspecified atom stereocenters. The van der Waals surface area contributed by atoms with Gasteiger partial charge in [-0.25, -0.2) is 0 Å². The molecular formula is C24H24N2OS. The fraction of sp³-hybridized carbons (Fsp3) is 0.208. The van der Waals surface area contributed by atoms with E-state index in [-0.39, 0.29) is 11.9 Å². The second-order valence-corrected chi connectivity index (χ2v) is 7.90. The number of carbonyl (C=O) groups is 1. The van der Waals surface area contributed by atoms with Gasteiger partial charge in [0.05, 0.1) is 12.6 Å². The topological polar surface area (TPSA) is 32.3 Å². The Morgan fingerprint density at radius 3 is 2.39 bits per heavy atom. The molecule has 1 aliphatic rings. The van der Waals surface area contributed by atoms with Crippen LogP contribution in [0, 0.1) is 0 Å². The van der Waals surface area contributed by atoms with Crippen LogP contribution >= 0.6 is 11.3 Å². The summed E-state index contributed by atoms with van der Waals surface area (Å²) in [6.07, 6.45) is 3.09. The first-order chi connectivity index (χ1) is 13.8. The number of amides is 1. The maximum absolute atomic E-state index is 12.8. The van der Waals surface area contributed by atoms with Crippen LogP contribution < -0.4 is 5.32 Å². The fourth-order valence-electron chi connectivity index (χ4n) is 3.59. The first-order valence-electron chi connectivity index (χ1n) is 9.65. The Balaban J connectivity index is 1.39. The maximum Gasteiger partial charge on any atom is 0.236 e. The second-order valence-electron chi connectivity index (χ2n) is 6.93. The standard InChI is InChI=1S/C24H24N2OS/c27-23(26-15-13-20(14-16-26)19-8-3-1-4-9-19)18-25-24(22-12-7-17-28-22)21-10-5-2-6-11-21/h1-13,17,24-25H,14-16,18H2/t24-/m0/s1. The van der Waals surface area contributed by atoms with Crippen LogP contribution in [0.3, 0.4) is 0 Å². The van der Waals surface area contributed by atoms with Gasteiger partial charge in [0.15, 0.2) is 0 Å². The molecule has 1 amide bonds. The second kappa shape index (κ2) is 9.00. The number of carbonyl (C=O) groups excluding carboxylic acids is 1. The van der Waals surface area contributed by atoms with Crippen LogP contribution in [0.1, 0.15) is 28.5 Å². The number of nitrogens with one attached hydrogen (secondary N) is 1. The number of hydrogen-bond donors (Lipinski definition) is 1. The Hall–Kier alpha value is -2.69. The quantitative estimate of drug-likeness (QED) is 0.661. The van der Waals surface area contributed by atoms with Crippen LogP contribution in [0.25, 0.3) is 5.57 Å². The Bertz CT molecular complexity index is 920. The third kappa shape index (κ3) is 4.41. The summed E-state index contributed by atoms with van der Waals surface area (Å²) in [5.41, 5.74) is 3.77. The van der Waals surface area contributed by atoms with Gasteiger partial charge in [-0.1, -0.05) is 72.8 Å². The lowest BCUT2D eigenvalue weighted by Crippen LogP contribution is -2.41. The number of hydrogen-bond acceptors (Lipinski definition) is 3. The van der Waals surface area contributed by atoms with Crippen molar-refractivity contribution in [3.05, 3.63) is 100 Å². The van der Waals surface area contributed by atoms with E-state index in [0.29, 0.717) is 13.1 Å². The van der Waals surface area contributed by atoms with Crippen molar-refractivity contribution in [1.29, 1.82) is 0 Å². The molecule has 1 N–H and O–H groups in total. The monoisotopic (exact) mass is 388 g/mol. The van der Waals surface area contributed by atoms with E-state index in [1.165, 1.54) is 21.6 Å². The van der Waals surface area contributed by atoms with Gasteiger partial charge in [0.25, 0.3) is 0 Å². The largest absolute Gasteiger partial charge is 0.338 e. The molecule has 142 valence electrons. The lowest BCUT2D eigenvalue weighted by molar-refractivity contribution is -0.129. The van der Waals surface area contributed by atoms with Crippen LogP contribution in [0.5, 0.6) is 0 Å². The Kier molecular flexibility index (Phi) is 6.00. The van der Waals surface area contributed by atoms with Gasteiger partial charge in [0, 0.05) is 18.0 Å². The highest BCUT2D eigenvalue weighted by Crippen LogP contribution is 2.26. The van der Waals surface area contributed by atoms with E-state index in [4.69, 9.17) is 0 Å². The van der Waals surface area contributed by atoms with E-state index in [0.717, 1.165) is 13.0 Å². The molecule has 0 saturated heterocycles. The van der Waals surface area contributed by atoms with Crippen molar-refractivity contribution >= 4 is 22.8 Å². The van der Waals surface area contributed by atoms with Crippen molar-refractivity contribution in [1.82, 2.24) is 10.2 Å². The minimum absolute atomic E-state index is 0.0466. The molecule has 2 aromatic carbocycles. The molecule has 1 aromatic heterocycles. The number of benzene rings is 2. The zero-order valence-corrected chi connectivity index (χ0v) is 16.6. The van der Waals surface area contributed by atoms with E-state index >= 15 is 0 Å². The average molecular weight is 389 g/mol. The Morgan fingerprint density at radius 2 is 1.75 bits per heavy atom. The third-order valence-electron chi connectivity index (χ3n) is 5.12. The van der Waals surface area contributed by atoms with Gasteiger partial charge in [0.2, 0.25) is 5.91 Å². The number of thiophene rings is 1. The molecule has 0 spiro atoms. The van der Waals surface area contributed by atoms with Crippen LogP contribution in [-0.2, 0) is 4.79 Å². The summed E-state index contributed by atoms with van der Waals surface area (Å²) >= 11 is 1.71. The summed E-state index contributed by atoms with van der Waals surface area (Å²) in [5, 5.41) is 5.56. The van der Waals surface area contributed by atoms with Crippen molar-refractivity contribution in [2.45, 2.75) is 12.5 Å². The van der Waals surface area contributed by atoms with Crippen molar-refractivity contribution in [3.63, 3.8) is 0 Å². The molecule has 0 aliphatic carbocycles. The van der Waals surface area contributed by atoms with Crippen LogP contribution in [-0.4, -0.2) is 30.4 Å². The normalized spacial score (nSPS) is 15.1. The van der Waals surface area contributed by atoms with Crippen LogP contribution in [0.4, 0.5) is 0 Å². The van der Waals surface area contributed by atoms with Crippen molar-refractivity contribution in [3.8, 4) is 0 Å². The molecule has 0 radical (unpaired) electrons. The Labute approximate surface area is 170 Å². The van der Waals surface area contributed by atoms with Crippen LogP contribution in [0.2, 0.25) is 0 Å². The van der Waals surface area contributed by atoms with Crippen molar-refractivity contribution in [2.75, 3.05) is 19.6 Å². The molecule has 0 saturated carbocycles. The molecule has 4 heteroatoms. The average Bonchev–Trinajstić information content (AvgIpc) is 3.30.